The number of hydrogen-bond acceptors (Lipinski definition) is 2. The lowest BCUT2D eigenvalue weighted by atomic mass is 9.98. The van der Waals surface area contributed by atoms with E-state index in [-0.39, 0.29) is 12.0 Å². The lowest BCUT2D eigenvalue weighted by Gasteiger charge is -2.33. The number of hydrogen-bond donors (Lipinski definition) is 0. The highest BCUT2D eigenvalue weighted by molar-refractivity contribution is 5.78. The van der Waals surface area contributed by atoms with Gasteiger partial charge in [-0.1, -0.05) is 104 Å². The fourth-order valence-corrected chi connectivity index (χ4v) is 5.15. The molecule has 0 spiro atoms. The molecular weight excluding hydrogens is 484 g/mol. The minimum absolute atomic E-state index is 0.106. The van der Waals surface area contributed by atoms with E-state index < -0.39 is 0 Å². The maximum absolute atomic E-state index is 6.09. The number of nitrogens with zero attached hydrogens (tertiary/aromatic N) is 2. The molecule has 196 valence electrons. The first-order valence-corrected chi connectivity index (χ1v) is 13.7. The monoisotopic (exact) mass is 518 g/mol. The molecule has 5 aromatic carbocycles. The molecule has 0 saturated carbocycles. The minimum Gasteiger partial charge on any atom is -0.327 e. The average Bonchev–Trinajstić information content (AvgIpc) is 3.02. The molecule has 0 amide bonds. The van der Waals surface area contributed by atoms with Crippen LogP contribution in [-0.4, -0.2) is 6.04 Å². The van der Waals surface area contributed by atoms with Crippen LogP contribution in [0.25, 0.3) is 11.1 Å². The van der Waals surface area contributed by atoms with Crippen molar-refractivity contribution in [1.29, 1.82) is 0 Å². The summed E-state index contributed by atoms with van der Waals surface area (Å²) in [5.74, 6) is 3.24. The SMILES string of the molecule is C#CC(C(C)/C=C\C)N(c1ccccc1)c1ccc(-c2ccc(N(c3ccccc3)c3ccccc3)cc2)cc1. The van der Waals surface area contributed by atoms with Gasteiger partial charge in [-0.2, -0.15) is 0 Å². The van der Waals surface area contributed by atoms with E-state index in [2.05, 4.69) is 156 Å². The van der Waals surface area contributed by atoms with Crippen LogP contribution in [0.15, 0.2) is 152 Å². The van der Waals surface area contributed by atoms with Crippen LogP contribution in [0.1, 0.15) is 13.8 Å². The smallest absolute Gasteiger partial charge is 0.101 e. The molecule has 40 heavy (non-hydrogen) atoms. The largest absolute Gasteiger partial charge is 0.327 e. The van der Waals surface area contributed by atoms with Crippen LogP contribution in [0.2, 0.25) is 0 Å². The summed E-state index contributed by atoms with van der Waals surface area (Å²) in [5.41, 5.74) is 7.85. The van der Waals surface area contributed by atoms with Crippen LogP contribution in [0.3, 0.4) is 0 Å². The van der Waals surface area contributed by atoms with Crippen LogP contribution < -0.4 is 9.80 Å². The standard InChI is InChI=1S/C38H34N2/c1-4-15-30(3)38(5-2)40(35-20-13-8-14-21-35)37-28-24-32(25-29-37)31-22-26-36(27-23-31)39(33-16-9-6-10-17-33)34-18-11-7-12-19-34/h2,4,6-30,38H,1,3H3/b15-4-. The highest BCUT2D eigenvalue weighted by Crippen LogP contribution is 2.36. The van der Waals surface area contributed by atoms with Gasteiger partial charge in [0.05, 0.1) is 0 Å². The van der Waals surface area contributed by atoms with Crippen LogP contribution in [-0.2, 0) is 0 Å². The van der Waals surface area contributed by atoms with E-state index in [9.17, 15) is 0 Å². The Morgan fingerprint density at radius 1 is 0.550 bits per heavy atom. The molecule has 0 aliphatic rings. The van der Waals surface area contributed by atoms with E-state index in [1.54, 1.807) is 0 Å². The molecule has 0 heterocycles. The van der Waals surface area contributed by atoms with Crippen molar-refractivity contribution < 1.29 is 0 Å². The summed E-state index contributed by atoms with van der Waals surface area (Å²) in [5, 5.41) is 0. The Kier molecular flexibility index (Phi) is 8.44. The first kappa shape index (κ1) is 26.6. The van der Waals surface area contributed by atoms with Gasteiger partial charge in [-0.3, -0.25) is 0 Å². The quantitative estimate of drug-likeness (QED) is 0.141. The molecule has 0 radical (unpaired) electrons. The molecule has 0 bridgehead atoms. The molecule has 0 saturated heterocycles. The molecule has 5 rings (SSSR count). The Labute approximate surface area is 238 Å². The number of para-hydroxylation sites is 3. The molecular formula is C38H34N2. The molecule has 0 fully saturated rings. The Balaban J connectivity index is 1.45. The molecule has 2 nitrogen and oxygen atoms in total. The van der Waals surface area contributed by atoms with E-state index in [1.165, 1.54) is 5.56 Å². The highest BCUT2D eigenvalue weighted by atomic mass is 15.2. The van der Waals surface area contributed by atoms with Gasteiger partial charge < -0.3 is 9.80 Å². The zero-order valence-electron chi connectivity index (χ0n) is 23.1. The summed E-state index contributed by atoms with van der Waals surface area (Å²) in [6.07, 6.45) is 10.3. The van der Waals surface area contributed by atoms with Crippen molar-refractivity contribution in [2.45, 2.75) is 19.9 Å². The summed E-state index contributed by atoms with van der Waals surface area (Å²) in [6, 6.07) is 48.7. The second-order valence-corrected chi connectivity index (χ2v) is 9.80. The second kappa shape index (κ2) is 12.7. The van der Waals surface area contributed by atoms with Crippen LogP contribution in [0.4, 0.5) is 28.4 Å². The molecule has 0 aliphatic carbocycles. The summed E-state index contributed by atoms with van der Waals surface area (Å²) in [6.45, 7) is 4.21. The van der Waals surface area contributed by atoms with Crippen molar-refractivity contribution in [2.24, 2.45) is 5.92 Å². The van der Waals surface area contributed by atoms with Crippen molar-refractivity contribution in [3.63, 3.8) is 0 Å². The fourth-order valence-electron chi connectivity index (χ4n) is 5.15. The Bertz CT molecular complexity index is 1510. The van der Waals surface area contributed by atoms with Gasteiger partial charge in [-0.25, -0.2) is 0 Å². The van der Waals surface area contributed by atoms with Gasteiger partial charge in [0.1, 0.15) is 6.04 Å². The van der Waals surface area contributed by atoms with E-state index in [1.807, 2.05) is 25.1 Å². The van der Waals surface area contributed by atoms with Gasteiger partial charge in [0.25, 0.3) is 0 Å². The molecule has 2 heteroatoms. The number of allylic oxidation sites excluding steroid dienone is 1. The topological polar surface area (TPSA) is 6.48 Å². The van der Waals surface area contributed by atoms with Crippen LogP contribution in [0, 0.1) is 18.3 Å². The minimum atomic E-state index is -0.106. The normalized spacial score (nSPS) is 12.4. The number of anilines is 5. The fraction of sp³-hybridized carbons (Fsp3) is 0.105. The van der Waals surface area contributed by atoms with E-state index in [4.69, 9.17) is 6.42 Å². The first-order valence-electron chi connectivity index (χ1n) is 13.7. The molecule has 0 aliphatic heterocycles. The molecule has 0 N–H and O–H groups in total. The van der Waals surface area contributed by atoms with Gasteiger partial charge in [0.15, 0.2) is 0 Å². The molecule has 2 unspecified atom stereocenters. The van der Waals surface area contributed by atoms with Gasteiger partial charge in [0.2, 0.25) is 0 Å². The van der Waals surface area contributed by atoms with Crippen molar-refractivity contribution in [3.05, 3.63) is 152 Å². The third-order valence-electron chi connectivity index (χ3n) is 7.11. The lowest BCUT2D eigenvalue weighted by Crippen LogP contribution is -2.34. The number of benzene rings is 5. The Morgan fingerprint density at radius 2 is 0.925 bits per heavy atom. The zero-order valence-corrected chi connectivity index (χ0v) is 23.1. The third kappa shape index (κ3) is 5.85. The summed E-state index contributed by atoms with van der Waals surface area (Å²) in [4.78, 5) is 4.53. The first-order chi connectivity index (χ1) is 19.7. The number of terminal acetylenes is 1. The van der Waals surface area contributed by atoms with E-state index in [0.29, 0.717) is 0 Å². The van der Waals surface area contributed by atoms with E-state index in [0.717, 1.165) is 34.0 Å². The lowest BCUT2D eigenvalue weighted by molar-refractivity contribution is 0.631. The van der Waals surface area contributed by atoms with E-state index >= 15 is 0 Å². The molecule has 2 atom stereocenters. The maximum Gasteiger partial charge on any atom is 0.101 e. The van der Waals surface area contributed by atoms with Gasteiger partial charge in [-0.15, -0.1) is 6.42 Å². The van der Waals surface area contributed by atoms with Gasteiger partial charge in [0, 0.05) is 34.4 Å². The van der Waals surface area contributed by atoms with Crippen molar-refractivity contribution >= 4 is 28.4 Å². The van der Waals surface area contributed by atoms with Crippen molar-refractivity contribution in [2.75, 3.05) is 9.80 Å². The maximum atomic E-state index is 6.09. The average molecular weight is 519 g/mol. The predicted molar refractivity (Wildman–Crippen MR) is 172 cm³/mol. The summed E-state index contributed by atoms with van der Waals surface area (Å²) < 4.78 is 0. The van der Waals surface area contributed by atoms with Gasteiger partial charge >= 0.3 is 0 Å². The van der Waals surface area contributed by atoms with Crippen molar-refractivity contribution in [1.82, 2.24) is 0 Å². The zero-order chi connectivity index (χ0) is 27.7. The predicted octanol–water partition coefficient (Wildman–Crippen LogP) is 10.2. The van der Waals surface area contributed by atoms with Crippen LogP contribution in [0.5, 0.6) is 0 Å². The van der Waals surface area contributed by atoms with Gasteiger partial charge in [-0.05, 0) is 78.7 Å². The van der Waals surface area contributed by atoms with Crippen LogP contribution >= 0.6 is 0 Å². The molecule has 5 aromatic rings. The number of rotatable bonds is 9. The van der Waals surface area contributed by atoms with Crippen molar-refractivity contribution in [3.8, 4) is 23.5 Å². The Hall–Kier alpha value is -5.00. The molecule has 0 aromatic heterocycles. The summed E-state index contributed by atoms with van der Waals surface area (Å²) >= 11 is 0. The Morgan fingerprint density at radius 3 is 1.35 bits per heavy atom. The second-order valence-electron chi connectivity index (χ2n) is 9.80. The summed E-state index contributed by atoms with van der Waals surface area (Å²) in [7, 11) is 0. The third-order valence-corrected chi connectivity index (χ3v) is 7.11. The highest BCUT2D eigenvalue weighted by Gasteiger charge is 2.23.